The summed E-state index contributed by atoms with van der Waals surface area (Å²) >= 11 is 6.12. The van der Waals surface area contributed by atoms with Crippen LogP contribution in [0.15, 0.2) is 42.5 Å². The minimum Gasteiger partial charge on any atom is -0.486 e. The molecule has 1 N–H and O–H groups in total. The first-order valence-corrected chi connectivity index (χ1v) is 9.21. The predicted molar refractivity (Wildman–Crippen MR) is 101 cm³/mol. The summed E-state index contributed by atoms with van der Waals surface area (Å²) in [6, 6.07) is 12.8. The van der Waals surface area contributed by atoms with Crippen molar-refractivity contribution in [1.82, 2.24) is 5.32 Å². The van der Waals surface area contributed by atoms with Gasteiger partial charge < -0.3 is 19.7 Å². The van der Waals surface area contributed by atoms with Gasteiger partial charge in [0.2, 0.25) is 11.8 Å². The molecule has 1 fully saturated rings. The van der Waals surface area contributed by atoms with Gasteiger partial charge in [0, 0.05) is 36.3 Å². The van der Waals surface area contributed by atoms with Gasteiger partial charge in [-0.1, -0.05) is 29.8 Å². The highest BCUT2D eigenvalue weighted by molar-refractivity contribution is 6.31. The van der Waals surface area contributed by atoms with Crippen molar-refractivity contribution in [3.8, 4) is 11.5 Å². The van der Waals surface area contributed by atoms with Crippen LogP contribution in [-0.2, 0) is 16.1 Å². The van der Waals surface area contributed by atoms with Crippen LogP contribution in [0.1, 0.15) is 12.0 Å². The van der Waals surface area contributed by atoms with Gasteiger partial charge in [0.1, 0.15) is 13.2 Å². The molecule has 2 aromatic rings. The minimum absolute atomic E-state index is 0.0791. The van der Waals surface area contributed by atoms with Gasteiger partial charge in [-0.05, 0) is 23.8 Å². The van der Waals surface area contributed by atoms with E-state index in [4.69, 9.17) is 21.1 Å². The molecule has 27 heavy (non-hydrogen) atoms. The maximum Gasteiger partial charge on any atom is 0.227 e. The molecule has 4 rings (SSSR count). The topological polar surface area (TPSA) is 67.9 Å². The summed E-state index contributed by atoms with van der Waals surface area (Å²) in [5, 5.41) is 3.49. The number of ether oxygens (including phenoxy) is 2. The van der Waals surface area contributed by atoms with Crippen LogP contribution < -0.4 is 19.7 Å². The van der Waals surface area contributed by atoms with E-state index < -0.39 is 5.92 Å². The van der Waals surface area contributed by atoms with Crippen molar-refractivity contribution in [2.45, 2.75) is 13.0 Å². The van der Waals surface area contributed by atoms with Crippen LogP contribution in [-0.4, -0.2) is 31.6 Å². The zero-order valence-corrected chi connectivity index (χ0v) is 15.4. The summed E-state index contributed by atoms with van der Waals surface area (Å²) < 4.78 is 11.1. The molecule has 0 radical (unpaired) electrons. The van der Waals surface area contributed by atoms with Crippen molar-refractivity contribution in [3.05, 3.63) is 53.1 Å². The molecular weight excluding hydrogens is 368 g/mol. The number of hydrogen-bond acceptors (Lipinski definition) is 4. The van der Waals surface area contributed by atoms with Crippen molar-refractivity contribution in [1.29, 1.82) is 0 Å². The van der Waals surface area contributed by atoms with E-state index in [1.165, 1.54) is 0 Å². The van der Waals surface area contributed by atoms with Crippen LogP contribution in [0.4, 0.5) is 5.69 Å². The average Bonchev–Trinajstić information content (AvgIpc) is 3.08. The number of fused-ring (bicyclic) bond motifs is 1. The van der Waals surface area contributed by atoms with E-state index in [0.29, 0.717) is 48.5 Å². The zero-order valence-electron chi connectivity index (χ0n) is 14.6. The second kappa shape index (κ2) is 7.48. The lowest BCUT2D eigenvalue weighted by Gasteiger charge is -2.22. The highest BCUT2D eigenvalue weighted by Crippen LogP contribution is 2.36. The Morgan fingerprint density at radius 2 is 1.93 bits per heavy atom. The van der Waals surface area contributed by atoms with Gasteiger partial charge in [0.05, 0.1) is 5.92 Å². The van der Waals surface area contributed by atoms with Crippen LogP contribution in [0.3, 0.4) is 0 Å². The zero-order chi connectivity index (χ0) is 18.8. The molecule has 7 heteroatoms. The smallest absolute Gasteiger partial charge is 0.227 e. The monoisotopic (exact) mass is 386 g/mol. The predicted octanol–water partition coefficient (Wildman–Crippen LogP) is 2.78. The highest BCUT2D eigenvalue weighted by Gasteiger charge is 2.35. The van der Waals surface area contributed by atoms with E-state index in [1.807, 2.05) is 24.3 Å². The summed E-state index contributed by atoms with van der Waals surface area (Å²) in [7, 11) is 0. The lowest BCUT2D eigenvalue weighted by Crippen LogP contribution is -2.32. The maximum atomic E-state index is 12.5. The molecule has 1 saturated heterocycles. The van der Waals surface area contributed by atoms with Gasteiger partial charge in [-0.3, -0.25) is 9.59 Å². The number of nitrogens with one attached hydrogen (secondary N) is 1. The molecule has 0 unspecified atom stereocenters. The van der Waals surface area contributed by atoms with Crippen LogP contribution in [0.25, 0.3) is 0 Å². The van der Waals surface area contributed by atoms with E-state index in [-0.39, 0.29) is 18.2 Å². The quantitative estimate of drug-likeness (QED) is 0.877. The molecule has 2 aromatic carbocycles. The standard InChI is InChI=1S/C20H19ClN2O4/c21-16-4-2-1-3-13(16)11-22-20(25)14-9-19(24)23(12-14)15-5-6-17-18(10-15)27-8-7-26-17/h1-6,10,14H,7-9,11-12H2,(H,22,25)/t14-/m1/s1. The van der Waals surface area contributed by atoms with Crippen LogP contribution in [0, 0.1) is 5.92 Å². The van der Waals surface area contributed by atoms with Crippen LogP contribution in [0.2, 0.25) is 5.02 Å². The Labute approximate surface area is 162 Å². The normalized spacial score (nSPS) is 18.5. The van der Waals surface area contributed by atoms with Gasteiger partial charge in [-0.2, -0.15) is 0 Å². The fraction of sp³-hybridized carbons (Fsp3) is 0.300. The van der Waals surface area contributed by atoms with Gasteiger partial charge in [-0.25, -0.2) is 0 Å². The van der Waals surface area contributed by atoms with Crippen molar-refractivity contribution in [2.75, 3.05) is 24.7 Å². The van der Waals surface area contributed by atoms with Gasteiger partial charge in [-0.15, -0.1) is 0 Å². The summed E-state index contributed by atoms with van der Waals surface area (Å²) in [6.45, 7) is 1.68. The SMILES string of the molecule is O=C(NCc1ccccc1Cl)[C@@H]1CC(=O)N(c2ccc3c(c2)OCCO3)C1. The van der Waals surface area contributed by atoms with Gasteiger partial charge in [0.15, 0.2) is 11.5 Å². The Morgan fingerprint density at radius 1 is 1.15 bits per heavy atom. The number of benzene rings is 2. The molecule has 2 heterocycles. The van der Waals surface area contributed by atoms with Crippen LogP contribution in [0.5, 0.6) is 11.5 Å². The molecule has 6 nitrogen and oxygen atoms in total. The van der Waals surface area contributed by atoms with Crippen molar-refractivity contribution < 1.29 is 19.1 Å². The van der Waals surface area contributed by atoms with Gasteiger partial charge >= 0.3 is 0 Å². The molecule has 1 atom stereocenters. The fourth-order valence-corrected chi connectivity index (χ4v) is 3.50. The highest BCUT2D eigenvalue weighted by atomic mass is 35.5. The summed E-state index contributed by atoms with van der Waals surface area (Å²) in [5.74, 6) is 0.671. The Hall–Kier alpha value is -2.73. The molecule has 0 aliphatic carbocycles. The molecule has 2 amide bonds. The van der Waals surface area contributed by atoms with E-state index >= 15 is 0 Å². The second-order valence-electron chi connectivity index (χ2n) is 6.54. The molecular formula is C20H19ClN2O4. The van der Waals surface area contributed by atoms with Crippen molar-refractivity contribution in [2.24, 2.45) is 5.92 Å². The third-order valence-electron chi connectivity index (χ3n) is 4.74. The maximum absolute atomic E-state index is 12.5. The average molecular weight is 387 g/mol. The number of carbonyl (C=O) groups excluding carboxylic acids is 2. The molecule has 2 aliphatic rings. The third-order valence-corrected chi connectivity index (χ3v) is 5.11. The third kappa shape index (κ3) is 3.71. The minimum atomic E-state index is -0.395. The van der Waals surface area contributed by atoms with E-state index in [0.717, 1.165) is 5.56 Å². The van der Waals surface area contributed by atoms with Crippen LogP contribution >= 0.6 is 11.6 Å². The molecule has 0 aromatic heterocycles. The number of halogens is 1. The molecule has 0 spiro atoms. The molecule has 0 bridgehead atoms. The number of carbonyl (C=O) groups is 2. The first kappa shape index (κ1) is 17.7. The van der Waals surface area contributed by atoms with Crippen molar-refractivity contribution in [3.63, 3.8) is 0 Å². The number of anilines is 1. The first-order chi connectivity index (χ1) is 13.1. The number of amides is 2. The van der Waals surface area contributed by atoms with Crippen molar-refractivity contribution >= 4 is 29.1 Å². The number of nitrogens with zero attached hydrogens (tertiary/aromatic N) is 1. The molecule has 0 saturated carbocycles. The first-order valence-electron chi connectivity index (χ1n) is 8.83. The fourth-order valence-electron chi connectivity index (χ4n) is 3.30. The lowest BCUT2D eigenvalue weighted by atomic mass is 10.1. The molecule has 140 valence electrons. The van der Waals surface area contributed by atoms with Gasteiger partial charge in [0.25, 0.3) is 0 Å². The summed E-state index contributed by atoms with van der Waals surface area (Å²) in [4.78, 5) is 26.6. The Balaban J connectivity index is 1.41. The largest absolute Gasteiger partial charge is 0.486 e. The Bertz CT molecular complexity index is 886. The Morgan fingerprint density at radius 3 is 2.74 bits per heavy atom. The summed E-state index contributed by atoms with van der Waals surface area (Å²) in [5.41, 5.74) is 1.56. The van der Waals surface area contributed by atoms with E-state index in [1.54, 1.807) is 23.1 Å². The second-order valence-corrected chi connectivity index (χ2v) is 6.95. The lowest BCUT2D eigenvalue weighted by molar-refractivity contribution is -0.126. The van der Waals surface area contributed by atoms with E-state index in [9.17, 15) is 9.59 Å². The number of rotatable bonds is 4. The summed E-state index contributed by atoms with van der Waals surface area (Å²) in [6.07, 6.45) is 0.183. The Kier molecular flexibility index (Phi) is 4.90. The molecule has 2 aliphatic heterocycles. The van der Waals surface area contributed by atoms with E-state index in [2.05, 4.69) is 5.32 Å². The number of hydrogen-bond donors (Lipinski definition) is 1.